The number of thioether (sulfide) groups is 1. The van der Waals surface area contributed by atoms with Gasteiger partial charge in [-0.25, -0.2) is 0 Å². The number of hydrogen-bond donors (Lipinski definition) is 1. The summed E-state index contributed by atoms with van der Waals surface area (Å²) in [6.07, 6.45) is 2.19. The van der Waals surface area contributed by atoms with Gasteiger partial charge in [0.05, 0.1) is 11.2 Å². The highest BCUT2D eigenvalue weighted by Gasteiger charge is 2.32. The first kappa shape index (κ1) is 15.4. The normalized spacial score (nSPS) is 17.4. The third-order valence-electron chi connectivity index (χ3n) is 3.55. The van der Waals surface area contributed by atoms with Crippen LogP contribution in [-0.4, -0.2) is 16.5 Å². The van der Waals surface area contributed by atoms with Crippen molar-refractivity contribution in [1.82, 2.24) is 0 Å². The van der Waals surface area contributed by atoms with Gasteiger partial charge in [0.25, 0.3) is 0 Å². The molecule has 0 aliphatic carbocycles. The van der Waals surface area contributed by atoms with Crippen molar-refractivity contribution in [3.05, 3.63) is 26.6 Å². The molecule has 0 amide bonds. The topological polar surface area (TPSA) is 24.4 Å². The van der Waals surface area contributed by atoms with Gasteiger partial charge in [0.2, 0.25) is 0 Å². The van der Waals surface area contributed by atoms with E-state index in [4.69, 9.17) is 4.99 Å². The van der Waals surface area contributed by atoms with Crippen molar-refractivity contribution in [2.24, 2.45) is 4.99 Å². The molecule has 5 heteroatoms. The lowest BCUT2D eigenvalue weighted by atomic mass is 9.97. The predicted molar refractivity (Wildman–Crippen MR) is 93.4 cm³/mol. The molecule has 1 aromatic rings. The first-order chi connectivity index (χ1) is 8.99. The molecule has 1 aromatic carbocycles. The molecule has 0 radical (unpaired) electrons. The Morgan fingerprint density at radius 3 is 2.32 bits per heavy atom. The Hall–Kier alpha value is -0.000000000000000111. The summed E-state index contributed by atoms with van der Waals surface area (Å²) in [5.41, 5.74) is 2.40. The first-order valence-corrected chi connectivity index (χ1v) is 9.02. The van der Waals surface area contributed by atoms with E-state index in [1.54, 1.807) is 0 Å². The van der Waals surface area contributed by atoms with Crippen LogP contribution in [0.15, 0.2) is 26.1 Å². The van der Waals surface area contributed by atoms with Crippen LogP contribution in [0, 0.1) is 6.92 Å². The smallest absolute Gasteiger partial charge is 0.161 e. The fourth-order valence-corrected chi connectivity index (χ4v) is 5.01. The van der Waals surface area contributed by atoms with Crippen LogP contribution in [0.25, 0.3) is 0 Å². The molecule has 0 fully saturated rings. The van der Waals surface area contributed by atoms with E-state index in [1.807, 2.05) is 11.8 Å². The van der Waals surface area contributed by atoms with E-state index in [9.17, 15) is 0 Å². The molecule has 1 heterocycles. The van der Waals surface area contributed by atoms with Gasteiger partial charge in [-0.05, 0) is 69.3 Å². The quantitative estimate of drug-likeness (QED) is 0.708. The number of anilines is 1. The number of aliphatic imine (C=N–C) groups is 1. The van der Waals surface area contributed by atoms with Crippen molar-refractivity contribution < 1.29 is 0 Å². The average Bonchev–Trinajstić information content (AvgIpc) is 2.78. The molecule has 19 heavy (non-hydrogen) atoms. The van der Waals surface area contributed by atoms with Crippen LogP contribution >= 0.6 is 43.6 Å². The van der Waals surface area contributed by atoms with E-state index in [0.717, 1.165) is 38.4 Å². The van der Waals surface area contributed by atoms with Gasteiger partial charge in [-0.3, -0.25) is 4.99 Å². The third-order valence-corrected chi connectivity index (χ3v) is 5.95. The largest absolute Gasteiger partial charge is 0.333 e. The SMILES string of the molecule is CCC1(CC)CSC(Nc2c(Br)cc(C)cc2Br)=N1. The lowest BCUT2D eigenvalue weighted by Crippen LogP contribution is -2.24. The highest BCUT2D eigenvalue weighted by Crippen LogP contribution is 2.37. The number of nitrogens with one attached hydrogen (secondary N) is 1. The van der Waals surface area contributed by atoms with Gasteiger partial charge < -0.3 is 5.32 Å². The second-order valence-corrected chi connectivity index (χ2v) is 7.54. The van der Waals surface area contributed by atoms with E-state index in [2.05, 4.69) is 70.1 Å². The molecular weight excluding hydrogens is 388 g/mol. The Bertz CT molecular complexity index is 487. The molecule has 0 spiro atoms. The molecule has 0 atom stereocenters. The number of rotatable bonds is 3. The minimum atomic E-state index is 0.122. The maximum Gasteiger partial charge on any atom is 0.161 e. The summed E-state index contributed by atoms with van der Waals surface area (Å²) < 4.78 is 2.13. The highest BCUT2D eigenvalue weighted by molar-refractivity contribution is 9.11. The summed E-state index contributed by atoms with van der Waals surface area (Å²) in [4.78, 5) is 4.88. The van der Waals surface area contributed by atoms with Gasteiger partial charge in [-0.2, -0.15) is 0 Å². The van der Waals surface area contributed by atoms with E-state index in [0.29, 0.717) is 0 Å². The molecule has 1 N–H and O–H groups in total. The number of nitrogens with zero attached hydrogens (tertiary/aromatic N) is 1. The van der Waals surface area contributed by atoms with Crippen molar-refractivity contribution in [3.8, 4) is 0 Å². The number of amidine groups is 1. The number of benzene rings is 1. The summed E-state index contributed by atoms with van der Waals surface area (Å²) in [5.74, 6) is 1.07. The molecule has 0 saturated carbocycles. The standard InChI is InChI=1S/C14H18Br2N2S/c1-4-14(5-2)8-19-13(18-14)17-12-10(15)6-9(3)7-11(12)16/h6-7H,4-5,8H2,1-3H3,(H,17,18). The van der Waals surface area contributed by atoms with Gasteiger partial charge in [0, 0.05) is 14.7 Å². The molecule has 0 saturated heterocycles. The summed E-state index contributed by atoms with van der Waals surface area (Å²) >= 11 is 9.03. The zero-order valence-electron chi connectivity index (χ0n) is 11.4. The van der Waals surface area contributed by atoms with E-state index < -0.39 is 0 Å². The molecule has 1 aliphatic heterocycles. The Labute approximate surface area is 136 Å². The lowest BCUT2D eigenvalue weighted by molar-refractivity contribution is 0.456. The van der Waals surface area contributed by atoms with Crippen LogP contribution in [0.3, 0.4) is 0 Å². The molecule has 0 unspecified atom stereocenters. The molecule has 104 valence electrons. The van der Waals surface area contributed by atoms with Crippen LogP contribution in [0.4, 0.5) is 5.69 Å². The molecule has 0 aromatic heterocycles. The minimum Gasteiger partial charge on any atom is -0.333 e. The monoisotopic (exact) mass is 404 g/mol. The summed E-state index contributed by atoms with van der Waals surface area (Å²) in [6.45, 7) is 6.52. The van der Waals surface area contributed by atoms with Crippen LogP contribution in [-0.2, 0) is 0 Å². The average molecular weight is 406 g/mol. The first-order valence-electron chi connectivity index (χ1n) is 6.45. The van der Waals surface area contributed by atoms with Crippen LogP contribution in [0.5, 0.6) is 0 Å². The maximum atomic E-state index is 4.88. The van der Waals surface area contributed by atoms with E-state index in [-0.39, 0.29) is 5.54 Å². The van der Waals surface area contributed by atoms with Crippen LogP contribution < -0.4 is 5.32 Å². The highest BCUT2D eigenvalue weighted by atomic mass is 79.9. The fourth-order valence-electron chi connectivity index (χ4n) is 2.09. The second kappa shape index (κ2) is 6.19. The van der Waals surface area contributed by atoms with Gasteiger partial charge in [0.1, 0.15) is 0 Å². The lowest BCUT2D eigenvalue weighted by Gasteiger charge is -2.20. The predicted octanol–water partition coefficient (Wildman–Crippen LogP) is 5.59. The summed E-state index contributed by atoms with van der Waals surface area (Å²) in [5, 5.41) is 4.47. The van der Waals surface area contributed by atoms with Crippen LogP contribution in [0.1, 0.15) is 32.3 Å². The van der Waals surface area contributed by atoms with Gasteiger partial charge >= 0.3 is 0 Å². The van der Waals surface area contributed by atoms with E-state index in [1.165, 1.54) is 5.56 Å². The Balaban J connectivity index is 2.24. The molecule has 2 nitrogen and oxygen atoms in total. The van der Waals surface area contributed by atoms with Crippen molar-refractivity contribution in [1.29, 1.82) is 0 Å². The zero-order chi connectivity index (χ0) is 14.0. The van der Waals surface area contributed by atoms with Gasteiger partial charge in [0.15, 0.2) is 5.17 Å². The zero-order valence-corrected chi connectivity index (χ0v) is 15.4. The number of aryl methyl sites for hydroxylation is 1. The molecule has 2 rings (SSSR count). The summed E-state index contributed by atoms with van der Waals surface area (Å²) in [6, 6.07) is 4.22. The number of halogens is 2. The third kappa shape index (κ3) is 3.37. The van der Waals surface area contributed by atoms with Crippen molar-refractivity contribution in [3.63, 3.8) is 0 Å². The molecular formula is C14H18Br2N2S. The fraction of sp³-hybridized carbons (Fsp3) is 0.500. The number of hydrogen-bond acceptors (Lipinski definition) is 3. The van der Waals surface area contributed by atoms with Crippen molar-refractivity contribution in [2.75, 3.05) is 11.1 Å². The molecule has 0 bridgehead atoms. The van der Waals surface area contributed by atoms with Crippen molar-refractivity contribution in [2.45, 2.75) is 39.2 Å². The van der Waals surface area contributed by atoms with E-state index >= 15 is 0 Å². The Morgan fingerprint density at radius 1 is 1.26 bits per heavy atom. The maximum absolute atomic E-state index is 4.88. The summed E-state index contributed by atoms with van der Waals surface area (Å²) in [7, 11) is 0. The Kier molecular flexibility index (Phi) is 5.01. The van der Waals surface area contributed by atoms with Gasteiger partial charge in [-0.15, -0.1) is 0 Å². The van der Waals surface area contributed by atoms with Crippen LogP contribution in [0.2, 0.25) is 0 Å². The Morgan fingerprint density at radius 2 is 1.84 bits per heavy atom. The van der Waals surface area contributed by atoms with Gasteiger partial charge in [-0.1, -0.05) is 25.6 Å². The van der Waals surface area contributed by atoms with Crippen molar-refractivity contribution >= 4 is 54.5 Å². The molecule has 1 aliphatic rings. The minimum absolute atomic E-state index is 0.122. The second-order valence-electron chi connectivity index (χ2n) is 4.87.